The molecule has 26 heavy (non-hydrogen) atoms. The van der Waals surface area contributed by atoms with E-state index in [0.717, 1.165) is 0 Å². The molecule has 0 heterocycles. The van der Waals surface area contributed by atoms with E-state index in [9.17, 15) is 9.59 Å². The highest BCUT2D eigenvalue weighted by Gasteiger charge is 2.01. The Morgan fingerprint density at radius 1 is 0.731 bits per heavy atom. The third-order valence-corrected chi connectivity index (χ3v) is 3.03. The minimum Gasteiger partial charge on any atom is -0.481 e. The van der Waals surface area contributed by atoms with Crippen molar-refractivity contribution in [2.75, 3.05) is 0 Å². The van der Waals surface area contributed by atoms with Gasteiger partial charge in [0.25, 0.3) is 0 Å². The molecule has 5 nitrogen and oxygen atoms in total. The largest absolute Gasteiger partial charge is 0.481 e. The van der Waals surface area contributed by atoms with Crippen LogP contribution in [0.5, 0.6) is 0 Å². The highest BCUT2D eigenvalue weighted by atomic mass is 16.5. The minimum absolute atomic E-state index is 0.676. The number of unbranched alkanes of at least 4 members (excludes halogenated alkanes) is 1. The lowest BCUT2D eigenvalue weighted by molar-refractivity contribution is -0.147. The van der Waals surface area contributed by atoms with Crippen LogP contribution in [-0.4, -0.2) is 22.2 Å². The van der Waals surface area contributed by atoms with Gasteiger partial charge in [-0.1, -0.05) is 87.4 Å². The van der Waals surface area contributed by atoms with Crippen molar-refractivity contribution in [3.63, 3.8) is 0 Å². The summed E-state index contributed by atoms with van der Waals surface area (Å²) in [4.78, 5) is 18.9. The second kappa shape index (κ2) is 15.8. The summed E-state index contributed by atoms with van der Waals surface area (Å²) in [6, 6.07) is 20.4. The molecule has 0 aromatic heterocycles. The zero-order valence-corrected chi connectivity index (χ0v) is 15.4. The predicted molar refractivity (Wildman–Crippen MR) is 102 cm³/mol. The summed E-state index contributed by atoms with van der Waals surface area (Å²) in [6.07, 6.45) is 1.83. The van der Waals surface area contributed by atoms with Crippen molar-refractivity contribution in [3.8, 4) is 0 Å². The first kappa shape index (κ1) is 23.3. The molecule has 2 aromatic rings. The Balaban J connectivity index is 0.000000477. The molecule has 0 saturated heterocycles. The van der Waals surface area contributed by atoms with Gasteiger partial charge in [-0.2, -0.15) is 0 Å². The van der Waals surface area contributed by atoms with Gasteiger partial charge < -0.3 is 14.9 Å². The van der Waals surface area contributed by atoms with Crippen molar-refractivity contribution in [1.29, 1.82) is 0 Å². The number of rotatable bonds is 7. The molecule has 0 atom stereocenters. The van der Waals surface area contributed by atoms with Crippen LogP contribution in [0, 0.1) is 0 Å². The van der Waals surface area contributed by atoms with Crippen LogP contribution < -0.4 is 0 Å². The average molecular weight is 360 g/mol. The van der Waals surface area contributed by atoms with Crippen LogP contribution in [0.4, 0.5) is 0 Å². The molecule has 0 amide bonds. The summed E-state index contributed by atoms with van der Waals surface area (Å²) in [5.74, 6) is -2.62. The maximum absolute atomic E-state index is 9.43. The second-order valence-electron chi connectivity index (χ2n) is 5.43. The molecule has 2 aromatic carbocycles. The van der Waals surface area contributed by atoms with E-state index in [1.807, 2.05) is 36.4 Å². The molecule has 0 fully saturated rings. The molecular formula is C21H28O5. The van der Waals surface area contributed by atoms with Gasteiger partial charge in [0.05, 0.1) is 13.2 Å². The lowest BCUT2D eigenvalue weighted by Gasteiger charge is -2.03. The van der Waals surface area contributed by atoms with E-state index < -0.39 is 18.4 Å². The number of carboxylic acids is 2. The molecule has 0 aliphatic carbocycles. The molecule has 5 heteroatoms. The molecule has 2 N–H and O–H groups in total. The van der Waals surface area contributed by atoms with Crippen molar-refractivity contribution in [2.45, 2.75) is 46.3 Å². The predicted octanol–water partition coefficient (Wildman–Crippen LogP) is 4.76. The first-order valence-corrected chi connectivity index (χ1v) is 8.58. The summed E-state index contributed by atoms with van der Waals surface area (Å²) >= 11 is 0. The van der Waals surface area contributed by atoms with Gasteiger partial charge in [0, 0.05) is 0 Å². The standard InChI is InChI=1S/C14H14O.C4H10.C3H4O4/c1-3-7-13(8-4-1)11-15-12-14-9-5-2-6-10-14;1-3-4-2;4-2(5)1-3(6)7/h1-10H,11-12H2;3-4H2,1-2H3;1H2,(H,4,5)(H,6,7). The number of hydrogen-bond donors (Lipinski definition) is 2. The number of benzene rings is 2. The lowest BCUT2D eigenvalue weighted by Crippen LogP contribution is -2.03. The SMILES string of the molecule is CCCC.O=C(O)CC(=O)O.c1ccc(COCc2ccccc2)cc1. The van der Waals surface area contributed by atoms with Crippen LogP contribution in [0.1, 0.15) is 44.2 Å². The number of carboxylic acid groups (broad SMARTS) is 2. The van der Waals surface area contributed by atoms with E-state index in [4.69, 9.17) is 14.9 Å². The summed E-state index contributed by atoms with van der Waals surface area (Å²) in [6.45, 7) is 5.71. The van der Waals surface area contributed by atoms with E-state index in [1.54, 1.807) is 0 Å². The van der Waals surface area contributed by atoms with Gasteiger partial charge >= 0.3 is 11.9 Å². The maximum atomic E-state index is 9.43. The van der Waals surface area contributed by atoms with Gasteiger partial charge in [0.2, 0.25) is 0 Å². The topological polar surface area (TPSA) is 83.8 Å². The van der Waals surface area contributed by atoms with Crippen molar-refractivity contribution in [3.05, 3.63) is 71.8 Å². The fraction of sp³-hybridized carbons (Fsp3) is 0.333. The van der Waals surface area contributed by atoms with Crippen LogP contribution in [0.15, 0.2) is 60.7 Å². The summed E-state index contributed by atoms with van der Waals surface area (Å²) in [5.41, 5.74) is 2.43. The summed E-state index contributed by atoms with van der Waals surface area (Å²) in [7, 11) is 0. The van der Waals surface area contributed by atoms with E-state index in [1.165, 1.54) is 24.0 Å². The quantitative estimate of drug-likeness (QED) is 0.696. The van der Waals surface area contributed by atoms with Gasteiger partial charge in [-0.15, -0.1) is 0 Å². The minimum atomic E-state index is -1.31. The average Bonchev–Trinajstić information content (AvgIpc) is 2.63. The van der Waals surface area contributed by atoms with Gasteiger partial charge in [-0.3, -0.25) is 9.59 Å². The van der Waals surface area contributed by atoms with E-state index in [-0.39, 0.29) is 0 Å². The number of aliphatic carboxylic acids is 2. The van der Waals surface area contributed by atoms with Crippen LogP contribution in [-0.2, 0) is 27.5 Å². The third-order valence-electron chi connectivity index (χ3n) is 3.03. The Morgan fingerprint density at radius 2 is 1.08 bits per heavy atom. The molecular weight excluding hydrogens is 332 g/mol. The monoisotopic (exact) mass is 360 g/mol. The van der Waals surface area contributed by atoms with E-state index in [2.05, 4.69) is 38.1 Å². The molecule has 0 radical (unpaired) electrons. The fourth-order valence-electron chi connectivity index (χ4n) is 1.56. The van der Waals surface area contributed by atoms with Gasteiger partial charge in [0.1, 0.15) is 6.42 Å². The number of ether oxygens (including phenoxy) is 1. The van der Waals surface area contributed by atoms with E-state index >= 15 is 0 Å². The van der Waals surface area contributed by atoms with Gasteiger partial charge in [0.15, 0.2) is 0 Å². The fourth-order valence-corrected chi connectivity index (χ4v) is 1.56. The molecule has 0 aliphatic rings. The molecule has 0 spiro atoms. The Morgan fingerprint density at radius 3 is 1.31 bits per heavy atom. The zero-order valence-electron chi connectivity index (χ0n) is 15.4. The molecule has 142 valence electrons. The third kappa shape index (κ3) is 14.9. The molecule has 0 saturated carbocycles. The smallest absolute Gasteiger partial charge is 0.314 e. The van der Waals surface area contributed by atoms with Crippen LogP contribution in [0.25, 0.3) is 0 Å². The number of carbonyl (C=O) groups is 2. The first-order valence-electron chi connectivity index (χ1n) is 8.58. The van der Waals surface area contributed by atoms with Crippen molar-refractivity contribution >= 4 is 11.9 Å². The summed E-state index contributed by atoms with van der Waals surface area (Å²) < 4.78 is 5.61. The Labute approximate surface area is 155 Å². The molecule has 0 bridgehead atoms. The van der Waals surface area contributed by atoms with Crippen molar-refractivity contribution in [2.24, 2.45) is 0 Å². The van der Waals surface area contributed by atoms with E-state index in [0.29, 0.717) is 13.2 Å². The van der Waals surface area contributed by atoms with Crippen LogP contribution in [0.2, 0.25) is 0 Å². The maximum Gasteiger partial charge on any atom is 0.314 e. The van der Waals surface area contributed by atoms with Gasteiger partial charge in [-0.05, 0) is 11.1 Å². The molecule has 0 unspecified atom stereocenters. The second-order valence-corrected chi connectivity index (χ2v) is 5.43. The Hall–Kier alpha value is -2.66. The van der Waals surface area contributed by atoms with Gasteiger partial charge in [-0.25, -0.2) is 0 Å². The molecule has 0 aliphatic heterocycles. The molecule has 2 rings (SSSR count). The lowest BCUT2D eigenvalue weighted by atomic mass is 10.2. The van der Waals surface area contributed by atoms with Crippen LogP contribution in [0.3, 0.4) is 0 Å². The Bertz CT molecular complexity index is 543. The highest BCUT2D eigenvalue weighted by Crippen LogP contribution is 2.05. The first-order chi connectivity index (χ1) is 12.5. The zero-order chi connectivity index (χ0) is 19.6. The Kier molecular flexibility index (Phi) is 14.2. The summed E-state index contributed by atoms with van der Waals surface area (Å²) in [5, 5.41) is 15.4. The number of hydrogen-bond acceptors (Lipinski definition) is 3. The van der Waals surface area contributed by atoms with Crippen molar-refractivity contribution < 1.29 is 24.5 Å². The van der Waals surface area contributed by atoms with Crippen LogP contribution >= 0.6 is 0 Å². The normalized spacial score (nSPS) is 9.15. The van der Waals surface area contributed by atoms with Crippen molar-refractivity contribution in [1.82, 2.24) is 0 Å². The highest BCUT2D eigenvalue weighted by molar-refractivity contribution is 5.88.